The maximum Gasteiger partial charge on any atom is 0.284 e. The second-order valence-corrected chi connectivity index (χ2v) is 7.39. The maximum absolute atomic E-state index is 12.4. The summed E-state index contributed by atoms with van der Waals surface area (Å²) in [5.74, 6) is -1.02. The molecule has 1 aromatic rings. The second kappa shape index (κ2) is 6.75. The molecule has 0 radical (unpaired) electrons. The largest absolute Gasteiger partial charge is 0.325 e. The van der Waals surface area contributed by atoms with E-state index >= 15 is 0 Å². The topological polar surface area (TPSA) is 102 Å². The van der Waals surface area contributed by atoms with Crippen molar-refractivity contribution >= 4 is 23.2 Å². The molecule has 1 unspecified atom stereocenters. The Kier molecular flexibility index (Phi) is 4.61. The molecule has 0 saturated heterocycles. The molecule has 2 aliphatic rings. The van der Waals surface area contributed by atoms with Crippen molar-refractivity contribution in [2.24, 2.45) is 16.3 Å². The van der Waals surface area contributed by atoms with Crippen molar-refractivity contribution in [3.05, 3.63) is 75.5 Å². The van der Waals surface area contributed by atoms with Crippen molar-refractivity contribution in [2.75, 3.05) is 0 Å². The third-order valence-corrected chi connectivity index (χ3v) is 4.41. The molecule has 1 heterocycles. The van der Waals surface area contributed by atoms with E-state index in [0.29, 0.717) is 11.4 Å². The summed E-state index contributed by atoms with van der Waals surface area (Å²) in [6, 6.07) is 5.68. The third-order valence-electron chi connectivity index (χ3n) is 4.41. The molecule has 1 aliphatic carbocycles. The van der Waals surface area contributed by atoms with Gasteiger partial charge in [0, 0.05) is 23.8 Å². The number of allylic oxidation sites excluding steroid dienone is 3. The summed E-state index contributed by atoms with van der Waals surface area (Å²) >= 11 is 0. The third kappa shape index (κ3) is 3.76. The summed E-state index contributed by atoms with van der Waals surface area (Å²) in [6.07, 6.45) is 6.80. The van der Waals surface area contributed by atoms with E-state index in [2.05, 4.69) is 10.3 Å². The fraction of sp³-hybridized carbons (Fsp3) is 0.250. The van der Waals surface area contributed by atoms with Gasteiger partial charge in [0.25, 0.3) is 11.6 Å². The molecule has 1 atom stereocenters. The first kappa shape index (κ1) is 18.4. The average Bonchev–Trinajstić information content (AvgIpc) is 2.59. The highest BCUT2D eigenvalue weighted by Crippen LogP contribution is 2.38. The van der Waals surface area contributed by atoms with Gasteiger partial charge in [0.1, 0.15) is 5.56 Å². The van der Waals surface area contributed by atoms with E-state index in [4.69, 9.17) is 0 Å². The molecule has 0 fully saturated rings. The second-order valence-electron chi connectivity index (χ2n) is 7.39. The van der Waals surface area contributed by atoms with Crippen LogP contribution in [0, 0.1) is 21.4 Å². The Morgan fingerprint density at radius 3 is 2.59 bits per heavy atom. The number of para-hydroxylation sites is 1. The fourth-order valence-electron chi connectivity index (χ4n) is 3.13. The molecular formula is C20H19N3O4. The maximum atomic E-state index is 12.4. The van der Waals surface area contributed by atoms with Crippen molar-refractivity contribution < 1.29 is 14.5 Å². The van der Waals surface area contributed by atoms with Crippen molar-refractivity contribution in [2.45, 2.75) is 20.8 Å². The zero-order chi connectivity index (χ0) is 19.8. The highest BCUT2D eigenvalue weighted by atomic mass is 16.6. The van der Waals surface area contributed by atoms with Crippen molar-refractivity contribution in [3.63, 3.8) is 0 Å². The van der Waals surface area contributed by atoms with Crippen LogP contribution in [0.1, 0.15) is 31.1 Å². The molecule has 0 bridgehead atoms. The first-order valence-corrected chi connectivity index (χ1v) is 8.46. The summed E-state index contributed by atoms with van der Waals surface area (Å²) in [7, 11) is 0. The quantitative estimate of drug-likeness (QED) is 0.641. The average molecular weight is 365 g/mol. The molecule has 3 rings (SSSR count). The number of aliphatic imine (C=N–C) groups is 1. The lowest BCUT2D eigenvalue weighted by Crippen LogP contribution is -2.36. The summed E-state index contributed by atoms with van der Waals surface area (Å²) in [6.45, 7) is 6.10. The van der Waals surface area contributed by atoms with E-state index in [-0.39, 0.29) is 28.5 Å². The van der Waals surface area contributed by atoms with Gasteiger partial charge < -0.3 is 5.32 Å². The predicted molar refractivity (Wildman–Crippen MR) is 101 cm³/mol. The first-order valence-electron chi connectivity index (χ1n) is 8.46. The number of nitrogens with zero attached hydrogens (tertiary/aromatic N) is 2. The summed E-state index contributed by atoms with van der Waals surface area (Å²) in [5, 5.41) is 13.9. The smallest absolute Gasteiger partial charge is 0.284 e. The van der Waals surface area contributed by atoms with Crippen molar-refractivity contribution in [3.8, 4) is 0 Å². The number of hydrogen-bond donors (Lipinski definition) is 1. The Bertz CT molecular complexity index is 962. The fourth-order valence-corrected chi connectivity index (χ4v) is 3.13. The van der Waals surface area contributed by atoms with Gasteiger partial charge in [-0.2, -0.15) is 0 Å². The van der Waals surface area contributed by atoms with Crippen LogP contribution in [-0.2, 0) is 4.79 Å². The lowest BCUT2D eigenvalue weighted by atomic mass is 9.74. The molecule has 1 aromatic carbocycles. The Hall–Kier alpha value is -3.35. The van der Waals surface area contributed by atoms with Gasteiger partial charge in [-0.15, -0.1) is 0 Å². The number of carbonyl (C=O) groups excluding carboxylic acids is 2. The lowest BCUT2D eigenvalue weighted by molar-refractivity contribution is -0.385. The van der Waals surface area contributed by atoms with E-state index in [1.54, 1.807) is 24.3 Å². The van der Waals surface area contributed by atoms with Gasteiger partial charge in [-0.05, 0) is 29.2 Å². The molecule has 7 nitrogen and oxygen atoms in total. The molecule has 2 amide bonds. The summed E-state index contributed by atoms with van der Waals surface area (Å²) in [4.78, 5) is 38.9. The van der Waals surface area contributed by atoms with Crippen LogP contribution in [-0.4, -0.2) is 22.4 Å². The molecule has 138 valence electrons. The van der Waals surface area contributed by atoms with Gasteiger partial charge in [-0.25, -0.2) is 4.99 Å². The SMILES string of the molecule is CC(C)(C)C1=CC(=O)NC2=CC(=NC(=O)c3ccccc3[N+](=O)[O-])C=CC21. The van der Waals surface area contributed by atoms with Crippen LogP contribution in [0.25, 0.3) is 0 Å². The normalized spacial score (nSPS) is 20.5. The number of carbonyl (C=O) groups is 2. The van der Waals surface area contributed by atoms with Crippen LogP contribution in [0.2, 0.25) is 0 Å². The van der Waals surface area contributed by atoms with E-state index in [1.165, 1.54) is 18.2 Å². The molecule has 0 aromatic heterocycles. The number of nitro benzene ring substituents is 1. The van der Waals surface area contributed by atoms with Crippen molar-refractivity contribution in [1.82, 2.24) is 5.32 Å². The van der Waals surface area contributed by atoms with Gasteiger partial charge in [0.05, 0.1) is 10.6 Å². The number of hydrogen-bond acceptors (Lipinski definition) is 4. The van der Waals surface area contributed by atoms with E-state index < -0.39 is 10.8 Å². The Morgan fingerprint density at radius 1 is 1.22 bits per heavy atom. The molecule has 27 heavy (non-hydrogen) atoms. The standard InChI is InChI=1S/C20H19N3O4/c1-20(2,3)15-11-18(24)22-16-10-12(8-9-13(15)16)21-19(25)14-6-4-5-7-17(14)23(26)27/h4-11,13H,1-3H3,(H,22,24). The molecule has 1 N–H and O–H groups in total. The number of amides is 2. The molecule has 0 saturated carbocycles. The zero-order valence-corrected chi connectivity index (χ0v) is 15.2. The lowest BCUT2D eigenvalue weighted by Gasteiger charge is -2.34. The highest BCUT2D eigenvalue weighted by molar-refractivity contribution is 6.15. The van der Waals surface area contributed by atoms with Crippen molar-refractivity contribution in [1.29, 1.82) is 0 Å². The van der Waals surface area contributed by atoms with E-state index in [0.717, 1.165) is 5.57 Å². The molecular weight excluding hydrogens is 346 g/mol. The van der Waals surface area contributed by atoms with Crippen LogP contribution in [0.15, 0.2) is 64.8 Å². The van der Waals surface area contributed by atoms with E-state index in [9.17, 15) is 19.7 Å². The Balaban J connectivity index is 1.94. The summed E-state index contributed by atoms with van der Waals surface area (Å²) in [5.41, 5.74) is 1.38. The number of benzene rings is 1. The Morgan fingerprint density at radius 2 is 1.93 bits per heavy atom. The van der Waals surface area contributed by atoms with Gasteiger partial charge in [0.2, 0.25) is 5.91 Å². The van der Waals surface area contributed by atoms with Crippen LogP contribution < -0.4 is 5.32 Å². The van der Waals surface area contributed by atoms with Crippen LogP contribution in [0.5, 0.6) is 0 Å². The van der Waals surface area contributed by atoms with Gasteiger partial charge in [0.15, 0.2) is 0 Å². The predicted octanol–water partition coefficient (Wildman–Crippen LogP) is 3.35. The molecule has 1 aliphatic heterocycles. The number of nitro groups is 1. The number of fused-ring (bicyclic) bond motifs is 1. The zero-order valence-electron chi connectivity index (χ0n) is 15.2. The monoisotopic (exact) mass is 365 g/mol. The highest BCUT2D eigenvalue weighted by Gasteiger charge is 2.33. The number of rotatable bonds is 2. The van der Waals surface area contributed by atoms with Gasteiger partial charge in [-0.1, -0.05) is 39.0 Å². The first-order chi connectivity index (χ1) is 12.7. The number of nitrogens with one attached hydrogen (secondary N) is 1. The minimum Gasteiger partial charge on any atom is -0.325 e. The van der Waals surface area contributed by atoms with Crippen LogP contribution in [0.3, 0.4) is 0 Å². The van der Waals surface area contributed by atoms with Gasteiger partial charge in [-0.3, -0.25) is 19.7 Å². The minimum atomic E-state index is -0.703. The van der Waals surface area contributed by atoms with Crippen LogP contribution >= 0.6 is 0 Å². The Labute approximate surface area is 156 Å². The molecule has 0 spiro atoms. The van der Waals surface area contributed by atoms with Gasteiger partial charge >= 0.3 is 0 Å². The molecule has 7 heteroatoms. The van der Waals surface area contributed by atoms with Crippen LogP contribution in [0.4, 0.5) is 5.69 Å². The van der Waals surface area contributed by atoms with E-state index in [1.807, 2.05) is 26.8 Å². The minimum absolute atomic E-state index is 0.0770. The summed E-state index contributed by atoms with van der Waals surface area (Å²) < 4.78 is 0.